The molecule has 0 heterocycles. The molecular formula is C16H27NO3. The molecule has 0 amide bonds. The van der Waals surface area contributed by atoms with Gasteiger partial charge in [0.25, 0.3) is 0 Å². The Morgan fingerprint density at radius 1 is 1.05 bits per heavy atom. The molecule has 0 saturated heterocycles. The second kappa shape index (κ2) is 7.39. The van der Waals surface area contributed by atoms with Crippen molar-refractivity contribution in [3.05, 3.63) is 17.7 Å². The lowest BCUT2D eigenvalue weighted by Crippen LogP contribution is -2.36. The second-order valence-electron chi connectivity index (χ2n) is 5.88. The minimum absolute atomic E-state index is 0.138. The maximum Gasteiger partial charge on any atom is 0.203 e. The summed E-state index contributed by atoms with van der Waals surface area (Å²) >= 11 is 0. The zero-order valence-corrected chi connectivity index (χ0v) is 13.5. The maximum absolute atomic E-state index is 5.83. The van der Waals surface area contributed by atoms with E-state index in [2.05, 4.69) is 26.1 Å². The molecule has 1 N–H and O–H groups in total. The van der Waals surface area contributed by atoms with E-state index in [0.717, 1.165) is 18.5 Å². The van der Waals surface area contributed by atoms with Crippen LogP contribution in [0, 0.1) is 6.92 Å². The van der Waals surface area contributed by atoms with E-state index in [1.165, 1.54) is 0 Å². The van der Waals surface area contributed by atoms with Crippen LogP contribution >= 0.6 is 0 Å². The smallest absolute Gasteiger partial charge is 0.203 e. The Bertz CT molecular complexity index is 399. The first-order valence-electron chi connectivity index (χ1n) is 6.98. The summed E-state index contributed by atoms with van der Waals surface area (Å²) in [5, 5.41) is 3.43. The first-order valence-corrected chi connectivity index (χ1v) is 6.98. The van der Waals surface area contributed by atoms with Crippen molar-refractivity contribution in [3.63, 3.8) is 0 Å². The van der Waals surface area contributed by atoms with Crippen molar-refractivity contribution in [2.75, 3.05) is 27.4 Å². The number of aryl methyl sites for hydroxylation is 1. The van der Waals surface area contributed by atoms with Crippen LogP contribution in [-0.4, -0.2) is 32.9 Å². The Labute approximate surface area is 122 Å². The molecule has 0 fully saturated rings. The second-order valence-corrected chi connectivity index (χ2v) is 5.88. The van der Waals surface area contributed by atoms with Crippen LogP contribution < -0.4 is 19.5 Å². The summed E-state index contributed by atoms with van der Waals surface area (Å²) in [6, 6.07) is 3.90. The molecular weight excluding hydrogens is 254 g/mol. The third-order valence-corrected chi connectivity index (χ3v) is 2.83. The zero-order valence-electron chi connectivity index (χ0n) is 13.5. The standard InChI is InChI=1S/C16H27NO3/c1-12-10-13(18-5)15(14(11-12)19-6)20-9-7-8-17-16(2,3)4/h10-11,17H,7-9H2,1-6H3. The highest BCUT2D eigenvalue weighted by atomic mass is 16.5. The van der Waals surface area contributed by atoms with Gasteiger partial charge in [0, 0.05) is 5.54 Å². The van der Waals surface area contributed by atoms with Crippen LogP contribution in [0.2, 0.25) is 0 Å². The van der Waals surface area contributed by atoms with Crippen LogP contribution in [0.5, 0.6) is 17.2 Å². The highest BCUT2D eigenvalue weighted by molar-refractivity contribution is 5.53. The highest BCUT2D eigenvalue weighted by Crippen LogP contribution is 2.38. The summed E-state index contributed by atoms with van der Waals surface area (Å²) in [4.78, 5) is 0. The van der Waals surface area contributed by atoms with E-state index in [-0.39, 0.29) is 5.54 Å². The number of hydrogen-bond acceptors (Lipinski definition) is 4. The molecule has 1 aromatic carbocycles. The summed E-state index contributed by atoms with van der Waals surface area (Å²) in [6.45, 7) is 10.0. The predicted molar refractivity (Wildman–Crippen MR) is 82.2 cm³/mol. The van der Waals surface area contributed by atoms with Crippen molar-refractivity contribution in [3.8, 4) is 17.2 Å². The van der Waals surface area contributed by atoms with E-state index < -0.39 is 0 Å². The highest BCUT2D eigenvalue weighted by Gasteiger charge is 2.13. The van der Waals surface area contributed by atoms with Crippen molar-refractivity contribution < 1.29 is 14.2 Å². The minimum atomic E-state index is 0.138. The Morgan fingerprint density at radius 3 is 2.05 bits per heavy atom. The van der Waals surface area contributed by atoms with Gasteiger partial charge >= 0.3 is 0 Å². The lowest BCUT2D eigenvalue weighted by atomic mass is 10.1. The lowest BCUT2D eigenvalue weighted by Gasteiger charge is -2.20. The number of ether oxygens (including phenoxy) is 3. The lowest BCUT2D eigenvalue weighted by molar-refractivity contribution is 0.264. The van der Waals surface area contributed by atoms with Crippen molar-refractivity contribution in [1.29, 1.82) is 0 Å². The summed E-state index contributed by atoms with van der Waals surface area (Å²) < 4.78 is 16.5. The van der Waals surface area contributed by atoms with Gasteiger partial charge in [0.1, 0.15) is 0 Å². The molecule has 4 nitrogen and oxygen atoms in total. The average molecular weight is 281 g/mol. The molecule has 114 valence electrons. The van der Waals surface area contributed by atoms with Crippen molar-refractivity contribution in [1.82, 2.24) is 5.32 Å². The first-order chi connectivity index (χ1) is 9.37. The van der Waals surface area contributed by atoms with Crippen LogP contribution in [-0.2, 0) is 0 Å². The molecule has 0 saturated carbocycles. The quantitative estimate of drug-likeness (QED) is 0.779. The maximum atomic E-state index is 5.83. The number of nitrogens with one attached hydrogen (secondary N) is 1. The number of benzene rings is 1. The Hall–Kier alpha value is -1.42. The van der Waals surface area contributed by atoms with E-state index in [9.17, 15) is 0 Å². The fraction of sp³-hybridized carbons (Fsp3) is 0.625. The molecule has 0 bridgehead atoms. The minimum Gasteiger partial charge on any atom is -0.493 e. The molecule has 0 aliphatic heterocycles. The van der Waals surface area contributed by atoms with Gasteiger partial charge in [0.05, 0.1) is 20.8 Å². The van der Waals surface area contributed by atoms with Gasteiger partial charge in [-0.05, 0) is 58.4 Å². The Morgan fingerprint density at radius 2 is 1.60 bits per heavy atom. The largest absolute Gasteiger partial charge is 0.493 e. The van der Waals surface area contributed by atoms with Crippen LogP contribution in [0.1, 0.15) is 32.8 Å². The average Bonchev–Trinajstić information content (AvgIpc) is 2.37. The Kier molecular flexibility index (Phi) is 6.14. The fourth-order valence-corrected chi connectivity index (χ4v) is 1.86. The molecule has 20 heavy (non-hydrogen) atoms. The number of hydrogen-bond donors (Lipinski definition) is 1. The first kappa shape index (κ1) is 16.6. The summed E-state index contributed by atoms with van der Waals surface area (Å²) in [6.07, 6.45) is 0.928. The van der Waals surface area contributed by atoms with Gasteiger partial charge in [-0.3, -0.25) is 0 Å². The van der Waals surface area contributed by atoms with Gasteiger partial charge in [-0.2, -0.15) is 0 Å². The predicted octanol–water partition coefficient (Wildman–Crippen LogP) is 3.17. The molecule has 1 aromatic rings. The number of rotatable bonds is 7. The Balaban J connectivity index is 2.59. The van der Waals surface area contributed by atoms with Crippen molar-refractivity contribution in [2.45, 2.75) is 39.7 Å². The van der Waals surface area contributed by atoms with Crippen LogP contribution in [0.3, 0.4) is 0 Å². The van der Waals surface area contributed by atoms with Crippen LogP contribution in [0.15, 0.2) is 12.1 Å². The normalized spacial score (nSPS) is 11.3. The van der Waals surface area contributed by atoms with Crippen molar-refractivity contribution >= 4 is 0 Å². The molecule has 1 rings (SSSR count). The van der Waals surface area contributed by atoms with Crippen LogP contribution in [0.25, 0.3) is 0 Å². The molecule has 0 aliphatic rings. The van der Waals surface area contributed by atoms with Gasteiger partial charge in [-0.25, -0.2) is 0 Å². The molecule has 0 radical (unpaired) electrons. The topological polar surface area (TPSA) is 39.7 Å². The van der Waals surface area contributed by atoms with E-state index in [0.29, 0.717) is 23.9 Å². The van der Waals surface area contributed by atoms with Gasteiger partial charge in [-0.15, -0.1) is 0 Å². The molecule has 4 heteroatoms. The molecule has 0 aliphatic carbocycles. The number of methoxy groups -OCH3 is 2. The van der Waals surface area contributed by atoms with E-state index in [4.69, 9.17) is 14.2 Å². The molecule has 0 atom stereocenters. The van der Waals surface area contributed by atoms with Gasteiger partial charge in [-0.1, -0.05) is 0 Å². The summed E-state index contributed by atoms with van der Waals surface area (Å²) in [5.74, 6) is 2.10. The van der Waals surface area contributed by atoms with E-state index >= 15 is 0 Å². The van der Waals surface area contributed by atoms with Gasteiger partial charge < -0.3 is 19.5 Å². The fourth-order valence-electron chi connectivity index (χ4n) is 1.86. The summed E-state index contributed by atoms with van der Waals surface area (Å²) in [5.41, 5.74) is 1.22. The molecule has 0 unspecified atom stereocenters. The summed E-state index contributed by atoms with van der Waals surface area (Å²) in [7, 11) is 3.28. The van der Waals surface area contributed by atoms with Gasteiger partial charge in [0.2, 0.25) is 5.75 Å². The van der Waals surface area contributed by atoms with Gasteiger partial charge in [0.15, 0.2) is 11.5 Å². The van der Waals surface area contributed by atoms with E-state index in [1.807, 2.05) is 19.1 Å². The van der Waals surface area contributed by atoms with Crippen LogP contribution in [0.4, 0.5) is 0 Å². The van der Waals surface area contributed by atoms with Crippen molar-refractivity contribution in [2.24, 2.45) is 0 Å². The zero-order chi connectivity index (χ0) is 15.2. The third-order valence-electron chi connectivity index (χ3n) is 2.83. The third kappa shape index (κ3) is 5.29. The molecule has 0 aromatic heterocycles. The SMILES string of the molecule is COc1cc(C)cc(OC)c1OCCCNC(C)(C)C. The van der Waals surface area contributed by atoms with E-state index in [1.54, 1.807) is 14.2 Å². The molecule has 0 spiro atoms. The monoisotopic (exact) mass is 281 g/mol.